The molecule has 1 aromatic rings. The quantitative estimate of drug-likeness (QED) is 0.344. The molecule has 0 amide bonds. The first kappa shape index (κ1) is 28.2. The van der Waals surface area contributed by atoms with Crippen molar-refractivity contribution in [2.75, 3.05) is 13.2 Å². The van der Waals surface area contributed by atoms with Gasteiger partial charge < -0.3 is 9.69 Å². The number of halogens is 1. The number of carbonyl (C=O) groups is 2. The van der Waals surface area contributed by atoms with Gasteiger partial charge in [0.15, 0.2) is 5.78 Å². The van der Waals surface area contributed by atoms with E-state index in [1.807, 2.05) is 39.1 Å². The van der Waals surface area contributed by atoms with Crippen molar-refractivity contribution in [2.45, 2.75) is 60.4 Å². The minimum atomic E-state index is -0.515. The number of carbonyl (C=O) groups excluding carboxylic acids is 2. The normalized spacial score (nSPS) is 13.0. The largest absolute Gasteiger partial charge is 0.360 e. The predicted octanol–water partition coefficient (Wildman–Crippen LogP) is 6.26. The number of hydrogen-bond donors (Lipinski definition) is 0. The average Bonchev–Trinajstić information content (AvgIpc) is 2.78. The summed E-state index contributed by atoms with van der Waals surface area (Å²) in [7, 11) is 0. The van der Waals surface area contributed by atoms with Gasteiger partial charge in [-0.25, -0.2) is 4.39 Å². The SMILES string of the molecule is C=C/C=C(\C=C/CF)CN1Cc2cnccc2C(CC)=C1C(=O)CCC.CC.CC=O. The summed E-state index contributed by atoms with van der Waals surface area (Å²) in [6.45, 7) is 13.9. The van der Waals surface area contributed by atoms with E-state index in [2.05, 4.69) is 23.4 Å². The van der Waals surface area contributed by atoms with Gasteiger partial charge in [0.25, 0.3) is 0 Å². The summed E-state index contributed by atoms with van der Waals surface area (Å²) in [6, 6.07) is 1.99. The number of allylic oxidation sites excluding steroid dienone is 5. The molecule has 2 heterocycles. The third-order valence-corrected chi connectivity index (χ3v) is 4.41. The lowest BCUT2D eigenvalue weighted by atomic mass is 9.90. The summed E-state index contributed by atoms with van der Waals surface area (Å²) in [5.41, 5.74) is 5.01. The Hall–Kier alpha value is -2.82. The van der Waals surface area contributed by atoms with E-state index in [1.165, 1.54) is 13.0 Å². The number of nitrogens with zero attached hydrogens (tertiary/aromatic N) is 2. The van der Waals surface area contributed by atoms with Crippen molar-refractivity contribution in [1.82, 2.24) is 9.88 Å². The summed E-state index contributed by atoms with van der Waals surface area (Å²) in [5.74, 6) is 0.166. The fourth-order valence-corrected chi connectivity index (χ4v) is 3.36. The van der Waals surface area contributed by atoms with Gasteiger partial charge in [-0.1, -0.05) is 58.6 Å². The van der Waals surface area contributed by atoms with Crippen LogP contribution < -0.4 is 0 Å². The van der Waals surface area contributed by atoms with Gasteiger partial charge in [-0.15, -0.1) is 0 Å². The Labute approximate surface area is 187 Å². The van der Waals surface area contributed by atoms with E-state index in [0.717, 1.165) is 47.1 Å². The summed E-state index contributed by atoms with van der Waals surface area (Å²) in [6.07, 6.45) is 13.3. The third-order valence-electron chi connectivity index (χ3n) is 4.41. The number of fused-ring (bicyclic) bond motifs is 1. The maximum absolute atomic E-state index is 12.9. The smallest absolute Gasteiger partial charge is 0.179 e. The third kappa shape index (κ3) is 8.83. The van der Waals surface area contributed by atoms with Gasteiger partial charge in [0, 0.05) is 31.9 Å². The Balaban J connectivity index is 0.00000165. The van der Waals surface area contributed by atoms with E-state index in [0.29, 0.717) is 19.5 Å². The molecule has 0 saturated carbocycles. The zero-order valence-corrected chi connectivity index (χ0v) is 19.7. The molecule has 0 aliphatic carbocycles. The van der Waals surface area contributed by atoms with Crippen molar-refractivity contribution >= 4 is 17.6 Å². The molecule has 0 spiro atoms. The minimum absolute atomic E-state index is 0.166. The molecule has 0 fully saturated rings. The van der Waals surface area contributed by atoms with Crippen molar-refractivity contribution in [3.05, 3.63) is 71.7 Å². The van der Waals surface area contributed by atoms with Crippen LogP contribution in [-0.4, -0.2) is 35.2 Å². The number of rotatable bonds is 9. The number of aldehydes is 1. The first-order valence-corrected chi connectivity index (χ1v) is 11.0. The van der Waals surface area contributed by atoms with Crippen LogP contribution in [0.1, 0.15) is 65.0 Å². The number of aromatic nitrogens is 1. The van der Waals surface area contributed by atoms with E-state index in [-0.39, 0.29) is 5.78 Å². The van der Waals surface area contributed by atoms with E-state index in [4.69, 9.17) is 4.79 Å². The number of ketones is 1. The van der Waals surface area contributed by atoms with Crippen molar-refractivity contribution in [3.63, 3.8) is 0 Å². The molecule has 1 aromatic heterocycles. The highest BCUT2D eigenvalue weighted by Crippen LogP contribution is 2.34. The van der Waals surface area contributed by atoms with Crippen LogP contribution >= 0.6 is 0 Å². The monoisotopic (exact) mass is 428 g/mol. The van der Waals surface area contributed by atoms with Crippen LogP contribution in [0.2, 0.25) is 0 Å². The summed E-state index contributed by atoms with van der Waals surface area (Å²) >= 11 is 0. The molecule has 2 rings (SSSR count). The fourth-order valence-electron chi connectivity index (χ4n) is 3.36. The van der Waals surface area contributed by atoms with Crippen LogP contribution in [0.25, 0.3) is 5.57 Å². The average molecular weight is 429 g/mol. The Morgan fingerprint density at radius 1 is 1.32 bits per heavy atom. The maximum atomic E-state index is 12.9. The molecule has 0 radical (unpaired) electrons. The van der Waals surface area contributed by atoms with Gasteiger partial charge in [-0.3, -0.25) is 9.78 Å². The summed E-state index contributed by atoms with van der Waals surface area (Å²) in [4.78, 5) is 28.1. The van der Waals surface area contributed by atoms with E-state index < -0.39 is 6.67 Å². The summed E-state index contributed by atoms with van der Waals surface area (Å²) < 4.78 is 12.6. The number of alkyl halides is 1. The van der Waals surface area contributed by atoms with E-state index in [1.54, 1.807) is 18.3 Å². The molecule has 170 valence electrons. The number of hydrogen-bond acceptors (Lipinski definition) is 4. The molecule has 1 aliphatic rings. The Kier molecular flexibility index (Phi) is 15.4. The van der Waals surface area contributed by atoms with Gasteiger partial charge in [0.2, 0.25) is 0 Å². The first-order valence-electron chi connectivity index (χ1n) is 11.0. The van der Waals surface area contributed by atoms with Crippen LogP contribution in [0.5, 0.6) is 0 Å². The molecule has 1 aliphatic heterocycles. The Morgan fingerprint density at radius 3 is 2.55 bits per heavy atom. The highest BCUT2D eigenvalue weighted by molar-refractivity contribution is 6.03. The molecular weight excluding hydrogens is 391 g/mol. The molecule has 0 bridgehead atoms. The molecule has 0 N–H and O–H groups in total. The zero-order chi connectivity index (χ0) is 23.6. The molecule has 0 aromatic carbocycles. The second-order valence-corrected chi connectivity index (χ2v) is 6.51. The number of Topliss-reactive ketones (excluding diaryl/α,β-unsaturated/α-hetero) is 1. The van der Waals surface area contributed by atoms with Gasteiger partial charge in [0.05, 0.1) is 5.70 Å². The molecular formula is C26H37FN2O2. The standard InChI is InChI=1S/C22H27FN2O.C2H4O.C2H6/c1-4-8-17(10-7-12-23)15-25-16-18-14-24-13-11-20(18)19(6-3)22(25)21(26)9-5-2;1-2-3;1-2/h4,7-8,10-11,13-14H,1,5-6,9,12,15-16H2,2-3H3;2H,1H3;1-2H3/b10-7-,17-8+;;. The van der Waals surface area contributed by atoms with Crippen LogP contribution in [0.3, 0.4) is 0 Å². The van der Waals surface area contributed by atoms with Crippen LogP contribution in [-0.2, 0) is 16.1 Å². The van der Waals surface area contributed by atoms with Crippen molar-refractivity contribution in [3.8, 4) is 0 Å². The van der Waals surface area contributed by atoms with Crippen LogP contribution in [0.4, 0.5) is 4.39 Å². The summed E-state index contributed by atoms with van der Waals surface area (Å²) in [5, 5.41) is 0. The van der Waals surface area contributed by atoms with Gasteiger partial charge >= 0.3 is 0 Å². The second kappa shape index (κ2) is 16.9. The first-order chi connectivity index (χ1) is 15.1. The topological polar surface area (TPSA) is 50.3 Å². The lowest BCUT2D eigenvalue weighted by Crippen LogP contribution is -2.33. The molecule has 0 saturated heterocycles. The van der Waals surface area contributed by atoms with E-state index >= 15 is 0 Å². The highest BCUT2D eigenvalue weighted by Gasteiger charge is 2.28. The Morgan fingerprint density at radius 2 is 2.00 bits per heavy atom. The maximum Gasteiger partial charge on any atom is 0.179 e. The number of pyridine rings is 1. The van der Waals surface area contributed by atoms with Crippen LogP contribution in [0.15, 0.2) is 60.6 Å². The lowest BCUT2D eigenvalue weighted by Gasteiger charge is -2.34. The predicted molar refractivity (Wildman–Crippen MR) is 128 cm³/mol. The van der Waals surface area contributed by atoms with Gasteiger partial charge in [-0.2, -0.15) is 0 Å². The molecule has 4 nitrogen and oxygen atoms in total. The molecule has 0 atom stereocenters. The molecule has 31 heavy (non-hydrogen) atoms. The highest BCUT2D eigenvalue weighted by atomic mass is 19.1. The van der Waals surface area contributed by atoms with Crippen LogP contribution in [0, 0.1) is 0 Å². The Bertz CT molecular complexity index is 794. The van der Waals surface area contributed by atoms with E-state index in [9.17, 15) is 9.18 Å². The van der Waals surface area contributed by atoms with Gasteiger partial charge in [0.1, 0.15) is 13.0 Å². The zero-order valence-electron chi connectivity index (χ0n) is 19.7. The lowest BCUT2D eigenvalue weighted by molar-refractivity contribution is -0.117. The van der Waals surface area contributed by atoms with Gasteiger partial charge in [-0.05, 0) is 48.1 Å². The van der Waals surface area contributed by atoms with Crippen molar-refractivity contribution in [2.24, 2.45) is 0 Å². The fraction of sp³-hybridized carbons (Fsp3) is 0.423. The van der Waals surface area contributed by atoms with Crippen molar-refractivity contribution < 1.29 is 14.0 Å². The minimum Gasteiger partial charge on any atom is -0.360 e. The van der Waals surface area contributed by atoms with Crippen molar-refractivity contribution in [1.29, 1.82) is 0 Å². The molecule has 0 unspecified atom stereocenters. The second-order valence-electron chi connectivity index (χ2n) is 6.51. The molecule has 5 heteroatoms.